The lowest BCUT2D eigenvalue weighted by molar-refractivity contribution is -0.137. The van der Waals surface area contributed by atoms with E-state index >= 15 is 0 Å². The van der Waals surface area contributed by atoms with Gasteiger partial charge in [-0.25, -0.2) is 14.4 Å². The summed E-state index contributed by atoms with van der Waals surface area (Å²) < 4.78 is 13.0. The van der Waals surface area contributed by atoms with E-state index in [0.717, 1.165) is 55.0 Å². The van der Waals surface area contributed by atoms with E-state index in [1.807, 2.05) is 18.7 Å². The molecule has 1 aliphatic carbocycles. The number of nitrogens with one attached hydrogen (secondary N) is 1. The first-order valence-electron chi connectivity index (χ1n) is 10.6. The lowest BCUT2D eigenvalue weighted by atomic mass is 9.84. The fourth-order valence-electron chi connectivity index (χ4n) is 4.19. The predicted molar refractivity (Wildman–Crippen MR) is 112 cm³/mol. The van der Waals surface area contributed by atoms with Gasteiger partial charge in [-0.3, -0.25) is 9.59 Å². The van der Waals surface area contributed by atoms with Crippen molar-refractivity contribution < 1.29 is 14.0 Å². The summed E-state index contributed by atoms with van der Waals surface area (Å²) in [5, 5.41) is 2.78. The maximum absolute atomic E-state index is 13.0. The highest BCUT2D eigenvalue weighted by Crippen LogP contribution is 2.32. The molecule has 1 N–H and O–H groups in total. The Kier molecular flexibility index (Phi) is 5.79. The van der Waals surface area contributed by atoms with Gasteiger partial charge in [-0.1, -0.05) is 6.42 Å². The van der Waals surface area contributed by atoms with E-state index in [-0.39, 0.29) is 35.9 Å². The SMILES string of the molecule is Cc1nc([C@H]2CCN(C(=O)C3CCC3)C2)nc(C)c1CC(=O)Nc1ccc(F)cc1. The largest absolute Gasteiger partial charge is 0.342 e. The van der Waals surface area contributed by atoms with Gasteiger partial charge in [-0.2, -0.15) is 0 Å². The molecule has 7 heteroatoms. The highest BCUT2D eigenvalue weighted by Gasteiger charge is 2.35. The van der Waals surface area contributed by atoms with E-state index in [4.69, 9.17) is 0 Å². The quantitative estimate of drug-likeness (QED) is 0.818. The molecule has 0 spiro atoms. The summed E-state index contributed by atoms with van der Waals surface area (Å²) in [7, 11) is 0. The van der Waals surface area contributed by atoms with Crippen LogP contribution >= 0.6 is 0 Å². The zero-order valence-electron chi connectivity index (χ0n) is 17.4. The molecule has 2 aliphatic rings. The molecular formula is C23H27FN4O2. The van der Waals surface area contributed by atoms with Crippen LogP contribution in [0.15, 0.2) is 24.3 Å². The minimum atomic E-state index is -0.344. The van der Waals surface area contributed by atoms with Crippen LogP contribution in [0.5, 0.6) is 0 Å². The standard InChI is InChI=1S/C23H27FN4O2/c1-14-20(12-21(29)27-19-8-6-18(24)7-9-19)15(2)26-22(25-14)17-10-11-28(13-17)23(30)16-4-3-5-16/h6-9,16-17H,3-5,10-13H2,1-2H3,(H,27,29)/t17-/m0/s1. The van der Waals surface area contributed by atoms with E-state index < -0.39 is 0 Å². The maximum atomic E-state index is 13.0. The molecule has 2 aromatic rings. The fraction of sp³-hybridized carbons (Fsp3) is 0.478. The van der Waals surface area contributed by atoms with E-state index in [9.17, 15) is 14.0 Å². The highest BCUT2D eigenvalue weighted by molar-refractivity contribution is 5.92. The topological polar surface area (TPSA) is 75.2 Å². The van der Waals surface area contributed by atoms with Crippen molar-refractivity contribution >= 4 is 17.5 Å². The monoisotopic (exact) mass is 410 g/mol. The number of amides is 2. The van der Waals surface area contributed by atoms with Crippen LogP contribution in [0.3, 0.4) is 0 Å². The van der Waals surface area contributed by atoms with E-state index in [2.05, 4.69) is 15.3 Å². The van der Waals surface area contributed by atoms with Crippen molar-refractivity contribution in [1.82, 2.24) is 14.9 Å². The van der Waals surface area contributed by atoms with Crippen LogP contribution in [0, 0.1) is 25.6 Å². The van der Waals surface area contributed by atoms with E-state index in [1.54, 1.807) is 0 Å². The lowest BCUT2D eigenvalue weighted by Gasteiger charge is -2.29. The molecule has 1 saturated heterocycles. The second-order valence-electron chi connectivity index (χ2n) is 8.36. The first-order chi connectivity index (χ1) is 14.4. The van der Waals surface area contributed by atoms with Gasteiger partial charge in [0.15, 0.2) is 0 Å². The highest BCUT2D eigenvalue weighted by atomic mass is 19.1. The van der Waals surface area contributed by atoms with Crippen molar-refractivity contribution in [3.63, 3.8) is 0 Å². The lowest BCUT2D eigenvalue weighted by Crippen LogP contribution is -2.37. The Morgan fingerprint density at radius 2 is 1.77 bits per heavy atom. The normalized spacial score (nSPS) is 18.9. The maximum Gasteiger partial charge on any atom is 0.228 e. The number of anilines is 1. The van der Waals surface area contributed by atoms with Crippen LogP contribution in [0.2, 0.25) is 0 Å². The number of carbonyl (C=O) groups excluding carboxylic acids is 2. The van der Waals surface area contributed by atoms with Crippen LogP contribution in [0.4, 0.5) is 10.1 Å². The molecule has 0 radical (unpaired) electrons. The summed E-state index contributed by atoms with van der Waals surface area (Å²) in [6, 6.07) is 5.68. The van der Waals surface area contributed by atoms with Gasteiger partial charge in [0.25, 0.3) is 0 Å². The zero-order valence-corrected chi connectivity index (χ0v) is 17.4. The van der Waals surface area contributed by atoms with Gasteiger partial charge >= 0.3 is 0 Å². The summed E-state index contributed by atoms with van der Waals surface area (Å²) in [6.45, 7) is 5.23. The minimum Gasteiger partial charge on any atom is -0.342 e. The van der Waals surface area contributed by atoms with Crippen molar-refractivity contribution in [2.24, 2.45) is 5.92 Å². The molecule has 0 unspecified atom stereocenters. The molecule has 1 saturated carbocycles. The van der Waals surface area contributed by atoms with Gasteiger partial charge in [-0.15, -0.1) is 0 Å². The van der Waals surface area contributed by atoms with Gasteiger partial charge in [0.05, 0.1) is 6.42 Å². The molecule has 2 amide bonds. The average Bonchev–Trinajstić information content (AvgIpc) is 3.15. The van der Waals surface area contributed by atoms with Crippen LogP contribution < -0.4 is 5.32 Å². The van der Waals surface area contributed by atoms with Crippen molar-refractivity contribution in [2.45, 2.75) is 51.9 Å². The molecule has 1 aromatic heterocycles. The second kappa shape index (κ2) is 8.50. The summed E-state index contributed by atoms with van der Waals surface area (Å²) in [4.78, 5) is 36.3. The summed E-state index contributed by atoms with van der Waals surface area (Å²) >= 11 is 0. The van der Waals surface area contributed by atoms with Crippen LogP contribution in [-0.2, 0) is 16.0 Å². The van der Waals surface area contributed by atoms with Crippen LogP contribution in [0.25, 0.3) is 0 Å². The molecule has 1 atom stereocenters. The number of benzene rings is 1. The smallest absolute Gasteiger partial charge is 0.228 e. The number of aryl methyl sites for hydroxylation is 2. The van der Waals surface area contributed by atoms with E-state index in [0.29, 0.717) is 12.2 Å². The number of likely N-dealkylation sites (tertiary alicyclic amines) is 1. The Labute approximate surface area is 175 Å². The first kappa shape index (κ1) is 20.4. The summed E-state index contributed by atoms with van der Waals surface area (Å²) in [5.41, 5.74) is 2.93. The molecule has 6 nitrogen and oxygen atoms in total. The van der Waals surface area contributed by atoms with Crippen molar-refractivity contribution in [1.29, 1.82) is 0 Å². The number of hydrogen-bond donors (Lipinski definition) is 1. The molecular weight excluding hydrogens is 383 g/mol. The first-order valence-corrected chi connectivity index (χ1v) is 10.6. The van der Waals surface area contributed by atoms with Gasteiger partial charge < -0.3 is 10.2 Å². The Hall–Kier alpha value is -2.83. The number of nitrogens with zero attached hydrogens (tertiary/aromatic N) is 3. The third-order valence-electron chi connectivity index (χ3n) is 6.22. The minimum absolute atomic E-state index is 0.147. The Balaban J connectivity index is 1.41. The van der Waals surface area contributed by atoms with Crippen LogP contribution in [0.1, 0.15) is 54.4 Å². The molecule has 0 bridgehead atoms. The number of carbonyl (C=O) groups is 2. The second-order valence-corrected chi connectivity index (χ2v) is 8.36. The fourth-order valence-corrected chi connectivity index (χ4v) is 4.19. The molecule has 4 rings (SSSR count). The summed E-state index contributed by atoms with van der Waals surface area (Å²) in [6.07, 6.45) is 4.23. The Bertz CT molecular complexity index is 933. The average molecular weight is 410 g/mol. The molecule has 2 fully saturated rings. The van der Waals surface area contributed by atoms with Crippen LogP contribution in [-0.4, -0.2) is 39.8 Å². The third-order valence-corrected chi connectivity index (χ3v) is 6.22. The molecule has 30 heavy (non-hydrogen) atoms. The molecule has 2 heterocycles. The third kappa shape index (κ3) is 4.35. The van der Waals surface area contributed by atoms with Gasteiger partial charge in [0.1, 0.15) is 11.6 Å². The Morgan fingerprint density at radius 1 is 1.10 bits per heavy atom. The number of rotatable bonds is 5. The van der Waals surface area contributed by atoms with E-state index in [1.165, 1.54) is 24.3 Å². The van der Waals surface area contributed by atoms with Gasteiger partial charge in [0.2, 0.25) is 11.8 Å². The molecule has 158 valence electrons. The predicted octanol–water partition coefficient (Wildman–Crippen LogP) is 3.53. The van der Waals surface area contributed by atoms with Crippen molar-refractivity contribution in [3.05, 3.63) is 52.9 Å². The van der Waals surface area contributed by atoms with Crippen molar-refractivity contribution in [3.8, 4) is 0 Å². The van der Waals surface area contributed by atoms with Gasteiger partial charge in [0, 0.05) is 47.6 Å². The zero-order chi connectivity index (χ0) is 21.3. The molecule has 1 aliphatic heterocycles. The Morgan fingerprint density at radius 3 is 2.37 bits per heavy atom. The number of aromatic nitrogens is 2. The number of hydrogen-bond acceptors (Lipinski definition) is 4. The number of halogens is 1. The molecule has 1 aromatic carbocycles. The van der Waals surface area contributed by atoms with Crippen molar-refractivity contribution in [2.75, 3.05) is 18.4 Å². The summed E-state index contributed by atoms with van der Waals surface area (Å²) in [5.74, 6) is 0.873. The van der Waals surface area contributed by atoms with Gasteiger partial charge in [-0.05, 0) is 57.4 Å².